The smallest absolute Gasteiger partial charge is 0.0406 e. The molecule has 1 fully saturated rings. The van der Waals surface area contributed by atoms with E-state index >= 15 is 0 Å². The van der Waals surface area contributed by atoms with E-state index in [2.05, 4.69) is 30.9 Å². The maximum Gasteiger partial charge on any atom is 0.0406 e. The average Bonchev–Trinajstić information content (AvgIpc) is 2.28. The molecule has 1 heterocycles. The van der Waals surface area contributed by atoms with Gasteiger partial charge in [-0.05, 0) is 50.9 Å². The van der Waals surface area contributed by atoms with Crippen molar-refractivity contribution in [2.45, 2.75) is 44.8 Å². The van der Waals surface area contributed by atoms with Gasteiger partial charge in [0.05, 0.1) is 0 Å². The van der Waals surface area contributed by atoms with Gasteiger partial charge in [-0.15, -0.1) is 0 Å². The Balaban J connectivity index is 2.09. The van der Waals surface area contributed by atoms with Crippen molar-refractivity contribution in [2.75, 3.05) is 6.54 Å². The summed E-state index contributed by atoms with van der Waals surface area (Å²) in [6, 6.07) is 8.36. The summed E-state index contributed by atoms with van der Waals surface area (Å²) in [5.74, 6) is 0. The minimum Gasteiger partial charge on any atom is -0.326 e. The van der Waals surface area contributed by atoms with E-state index in [1.54, 1.807) is 0 Å². The number of nitrogens with two attached hydrogens (primary N) is 1. The van der Waals surface area contributed by atoms with E-state index in [1.807, 2.05) is 12.1 Å². The van der Waals surface area contributed by atoms with Crippen LogP contribution in [0.25, 0.3) is 0 Å². The lowest BCUT2D eigenvalue weighted by Gasteiger charge is -2.46. The van der Waals surface area contributed by atoms with Crippen molar-refractivity contribution in [3.8, 4) is 0 Å². The number of likely N-dealkylation sites (tertiary alicyclic amines) is 1. The van der Waals surface area contributed by atoms with Crippen LogP contribution >= 0.6 is 11.6 Å². The monoisotopic (exact) mass is 252 g/mol. The summed E-state index contributed by atoms with van der Waals surface area (Å²) in [5.41, 5.74) is 7.60. The van der Waals surface area contributed by atoms with Gasteiger partial charge in [0.1, 0.15) is 0 Å². The minimum atomic E-state index is 0.0812. The lowest BCUT2D eigenvalue weighted by Crippen LogP contribution is -2.59. The molecule has 1 aromatic carbocycles. The van der Waals surface area contributed by atoms with Crippen LogP contribution in [0.4, 0.5) is 0 Å². The van der Waals surface area contributed by atoms with Gasteiger partial charge in [0, 0.05) is 23.1 Å². The molecule has 2 N–H and O–H groups in total. The van der Waals surface area contributed by atoms with Gasteiger partial charge in [-0.2, -0.15) is 0 Å². The van der Waals surface area contributed by atoms with Crippen LogP contribution in [0.15, 0.2) is 24.3 Å². The van der Waals surface area contributed by atoms with E-state index < -0.39 is 0 Å². The van der Waals surface area contributed by atoms with Crippen LogP contribution in [0, 0.1) is 0 Å². The molecule has 1 aliphatic rings. The molecule has 0 aliphatic carbocycles. The highest BCUT2D eigenvalue weighted by Crippen LogP contribution is 2.28. The predicted octanol–water partition coefficient (Wildman–Crippen LogP) is 3.04. The van der Waals surface area contributed by atoms with Gasteiger partial charge in [0.25, 0.3) is 0 Å². The molecule has 1 aromatic rings. The molecule has 0 bridgehead atoms. The second-order valence-electron chi connectivity index (χ2n) is 5.45. The maximum atomic E-state index is 6.22. The Morgan fingerprint density at radius 2 is 2.00 bits per heavy atom. The number of hydrogen-bond acceptors (Lipinski definition) is 2. The normalized spacial score (nSPS) is 24.8. The fourth-order valence-corrected chi connectivity index (χ4v) is 2.60. The van der Waals surface area contributed by atoms with Crippen molar-refractivity contribution >= 4 is 11.6 Å². The number of hydrogen-bond donors (Lipinski definition) is 1. The molecule has 1 aliphatic heterocycles. The Morgan fingerprint density at radius 3 is 2.65 bits per heavy atom. The summed E-state index contributed by atoms with van der Waals surface area (Å²) < 4.78 is 0. The second kappa shape index (κ2) is 4.97. The van der Waals surface area contributed by atoms with Crippen molar-refractivity contribution in [3.63, 3.8) is 0 Å². The largest absolute Gasteiger partial charge is 0.326 e. The summed E-state index contributed by atoms with van der Waals surface area (Å²) in [6.07, 6.45) is 2.32. The first-order valence-electron chi connectivity index (χ1n) is 6.25. The summed E-state index contributed by atoms with van der Waals surface area (Å²) in [4.78, 5) is 2.48. The highest BCUT2D eigenvalue weighted by molar-refractivity contribution is 6.30. The third-order valence-corrected chi connectivity index (χ3v) is 4.20. The Hall–Kier alpha value is -0.570. The molecule has 1 atom stereocenters. The summed E-state index contributed by atoms with van der Waals surface area (Å²) in [7, 11) is 0. The Kier molecular flexibility index (Phi) is 3.76. The van der Waals surface area contributed by atoms with Gasteiger partial charge in [-0.1, -0.05) is 23.7 Å². The van der Waals surface area contributed by atoms with E-state index in [0.717, 1.165) is 24.5 Å². The van der Waals surface area contributed by atoms with Crippen molar-refractivity contribution < 1.29 is 0 Å². The molecule has 0 spiro atoms. The minimum absolute atomic E-state index is 0.0812. The predicted molar refractivity (Wildman–Crippen MR) is 73.2 cm³/mol. The third kappa shape index (κ3) is 2.82. The van der Waals surface area contributed by atoms with Crippen LogP contribution in [0.1, 0.15) is 32.3 Å². The van der Waals surface area contributed by atoms with Gasteiger partial charge in [-0.25, -0.2) is 0 Å². The molecule has 0 amide bonds. The Labute approximate surface area is 109 Å². The van der Waals surface area contributed by atoms with E-state index in [0.29, 0.717) is 0 Å². The highest BCUT2D eigenvalue weighted by Gasteiger charge is 2.35. The first-order valence-corrected chi connectivity index (χ1v) is 6.63. The zero-order valence-electron chi connectivity index (χ0n) is 10.6. The molecule has 2 nitrogen and oxygen atoms in total. The fraction of sp³-hybridized carbons (Fsp3) is 0.571. The second-order valence-corrected chi connectivity index (χ2v) is 5.89. The van der Waals surface area contributed by atoms with Crippen LogP contribution in [-0.4, -0.2) is 23.0 Å². The Bertz CT molecular complexity index is 372. The molecule has 1 saturated heterocycles. The molecule has 3 heteroatoms. The topological polar surface area (TPSA) is 29.3 Å². The summed E-state index contributed by atoms with van der Waals surface area (Å²) in [6.45, 7) is 6.57. The molecular weight excluding hydrogens is 232 g/mol. The summed E-state index contributed by atoms with van der Waals surface area (Å²) >= 11 is 5.90. The molecule has 17 heavy (non-hydrogen) atoms. The standard InChI is InChI=1S/C14H21ClN2/c1-14(2)13(16)4-3-9-17(14)10-11-5-7-12(15)8-6-11/h5-8,13H,3-4,9-10,16H2,1-2H3. The molecule has 0 radical (unpaired) electrons. The van der Waals surface area contributed by atoms with E-state index in [9.17, 15) is 0 Å². The van der Waals surface area contributed by atoms with Crippen molar-refractivity contribution in [1.29, 1.82) is 0 Å². The molecule has 94 valence electrons. The highest BCUT2D eigenvalue weighted by atomic mass is 35.5. The van der Waals surface area contributed by atoms with Gasteiger partial charge in [0.15, 0.2) is 0 Å². The van der Waals surface area contributed by atoms with Gasteiger partial charge in [-0.3, -0.25) is 4.90 Å². The van der Waals surface area contributed by atoms with Gasteiger partial charge >= 0.3 is 0 Å². The molecular formula is C14H21ClN2. The zero-order chi connectivity index (χ0) is 12.5. The Morgan fingerprint density at radius 1 is 1.35 bits per heavy atom. The number of benzene rings is 1. The average molecular weight is 253 g/mol. The van der Waals surface area contributed by atoms with E-state index in [-0.39, 0.29) is 11.6 Å². The van der Waals surface area contributed by atoms with Crippen LogP contribution in [-0.2, 0) is 6.54 Å². The lowest BCUT2D eigenvalue weighted by molar-refractivity contribution is 0.0501. The SMILES string of the molecule is CC1(C)C(N)CCCN1Cc1ccc(Cl)cc1. The third-order valence-electron chi connectivity index (χ3n) is 3.95. The number of rotatable bonds is 2. The van der Waals surface area contributed by atoms with Crippen LogP contribution < -0.4 is 5.73 Å². The van der Waals surface area contributed by atoms with Gasteiger partial charge < -0.3 is 5.73 Å². The summed E-state index contributed by atoms with van der Waals surface area (Å²) in [5, 5.41) is 0.795. The van der Waals surface area contributed by atoms with Gasteiger partial charge in [0.2, 0.25) is 0 Å². The molecule has 0 aromatic heterocycles. The first kappa shape index (κ1) is 12.9. The number of nitrogens with zero attached hydrogens (tertiary/aromatic N) is 1. The van der Waals surface area contributed by atoms with Crippen LogP contribution in [0.5, 0.6) is 0 Å². The van der Waals surface area contributed by atoms with Crippen LogP contribution in [0.3, 0.4) is 0 Å². The maximum absolute atomic E-state index is 6.22. The van der Waals surface area contributed by atoms with Crippen LogP contribution in [0.2, 0.25) is 5.02 Å². The van der Waals surface area contributed by atoms with Crippen molar-refractivity contribution in [3.05, 3.63) is 34.9 Å². The molecule has 0 saturated carbocycles. The van der Waals surface area contributed by atoms with Crippen molar-refractivity contribution in [2.24, 2.45) is 5.73 Å². The molecule has 2 rings (SSSR count). The number of piperidine rings is 1. The molecule has 1 unspecified atom stereocenters. The number of halogens is 1. The van der Waals surface area contributed by atoms with Crippen molar-refractivity contribution in [1.82, 2.24) is 4.90 Å². The lowest BCUT2D eigenvalue weighted by atomic mass is 9.85. The zero-order valence-corrected chi connectivity index (χ0v) is 11.4. The first-order chi connectivity index (χ1) is 8.00. The quantitative estimate of drug-likeness (QED) is 0.877. The van der Waals surface area contributed by atoms with E-state index in [4.69, 9.17) is 17.3 Å². The fourth-order valence-electron chi connectivity index (χ4n) is 2.47. The van der Waals surface area contributed by atoms with E-state index in [1.165, 1.54) is 12.0 Å².